The van der Waals surface area contributed by atoms with Gasteiger partial charge in [0.15, 0.2) is 11.6 Å². The lowest BCUT2D eigenvalue weighted by molar-refractivity contribution is 0.996. The molecule has 8 heteroatoms. The largest absolute Gasteiger partial charge is 0.380 e. The van der Waals surface area contributed by atoms with Gasteiger partial charge in [0.1, 0.15) is 0 Å². The van der Waals surface area contributed by atoms with Crippen molar-refractivity contribution in [2.45, 2.75) is 0 Å². The first-order valence-electron chi connectivity index (χ1n) is 4.54. The number of rotatable bonds is 2. The van der Waals surface area contributed by atoms with Crippen LogP contribution in [0.1, 0.15) is 0 Å². The number of nitrogens with one attached hydrogen (secondary N) is 1. The summed E-state index contributed by atoms with van der Waals surface area (Å²) < 4.78 is 0. The molecule has 88 valence electrons. The molecule has 0 aliphatic rings. The molecule has 0 atom stereocenters. The second-order valence-corrected chi connectivity index (χ2v) is 3.92. The fourth-order valence-corrected chi connectivity index (χ4v) is 1.47. The van der Waals surface area contributed by atoms with Gasteiger partial charge >= 0.3 is 0 Å². The molecule has 1 aromatic heterocycles. The van der Waals surface area contributed by atoms with Crippen LogP contribution in [0.15, 0.2) is 18.2 Å². The number of hydrogen-bond acceptors (Lipinski definition) is 6. The predicted octanol–water partition coefficient (Wildman–Crippen LogP) is 2.09. The molecule has 1 aromatic carbocycles. The summed E-state index contributed by atoms with van der Waals surface area (Å²) in [4.78, 5) is 3.91. The molecular weight excluding hydrogens is 263 g/mol. The number of nitrogen functional groups attached to an aromatic ring is 2. The van der Waals surface area contributed by atoms with Crippen molar-refractivity contribution in [3.8, 4) is 0 Å². The third-order valence-corrected chi connectivity index (χ3v) is 2.76. The van der Waals surface area contributed by atoms with Crippen molar-refractivity contribution in [3.05, 3.63) is 28.2 Å². The quantitative estimate of drug-likeness (QED) is 0.772. The molecular formula is C9H8Cl2N6. The van der Waals surface area contributed by atoms with Gasteiger partial charge < -0.3 is 16.8 Å². The van der Waals surface area contributed by atoms with E-state index in [-0.39, 0.29) is 17.6 Å². The molecule has 1 heterocycles. The van der Waals surface area contributed by atoms with Crippen molar-refractivity contribution < 1.29 is 0 Å². The Morgan fingerprint density at radius 1 is 1.06 bits per heavy atom. The molecule has 0 saturated heterocycles. The Bertz CT molecular complexity index is 559. The van der Waals surface area contributed by atoms with Gasteiger partial charge in [-0.2, -0.15) is 4.98 Å². The summed E-state index contributed by atoms with van der Waals surface area (Å²) in [6.07, 6.45) is 0. The lowest BCUT2D eigenvalue weighted by Crippen LogP contribution is -2.06. The van der Waals surface area contributed by atoms with Crippen molar-refractivity contribution in [3.63, 3.8) is 0 Å². The highest BCUT2D eigenvalue weighted by atomic mass is 35.5. The van der Waals surface area contributed by atoms with Crippen LogP contribution >= 0.6 is 23.2 Å². The van der Waals surface area contributed by atoms with Crippen molar-refractivity contribution in [1.82, 2.24) is 15.2 Å². The maximum atomic E-state index is 5.99. The third kappa shape index (κ3) is 2.48. The van der Waals surface area contributed by atoms with Gasteiger partial charge in [0.2, 0.25) is 5.95 Å². The summed E-state index contributed by atoms with van der Waals surface area (Å²) in [6, 6.07) is 5.14. The summed E-state index contributed by atoms with van der Waals surface area (Å²) in [5.41, 5.74) is 11.5. The number of anilines is 4. The van der Waals surface area contributed by atoms with E-state index in [4.69, 9.17) is 34.7 Å². The van der Waals surface area contributed by atoms with E-state index >= 15 is 0 Å². The first-order valence-corrected chi connectivity index (χ1v) is 5.30. The molecule has 2 aromatic rings. The molecule has 0 radical (unpaired) electrons. The summed E-state index contributed by atoms with van der Waals surface area (Å²) in [5.74, 6) is 0.370. The number of halogens is 2. The van der Waals surface area contributed by atoms with Crippen LogP contribution in [0.25, 0.3) is 0 Å². The normalized spacial score (nSPS) is 10.2. The van der Waals surface area contributed by atoms with Crippen LogP contribution in [-0.2, 0) is 0 Å². The zero-order valence-corrected chi connectivity index (χ0v) is 10.00. The molecule has 0 unspecified atom stereocenters. The first-order chi connectivity index (χ1) is 8.08. The van der Waals surface area contributed by atoms with E-state index in [9.17, 15) is 0 Å². The van der Waals surface area contributed by atoms with Crippen molar-refractivity contribution in [2.75, 3.05) is 16.8 Å². The molecule has 0 fully saturated rings. The van der Waals surface area contributed by atoms with Crippen molar-refractivity contribution in [1.29, 1.82) is 0 Å². The van der Waals surface area contributed by atoms with Gasteiger partial charge in [-0.1, -0.05) is 29.3 Å². The minimum Gasteiger partial charge on any atom is -0.380 e. The Morgan fingerprint density at radius 3 is 2.53 bits per heavy atom. The van der Waals surface area contributed by atoms with E-state index in [1.165, 1.54) is 0 Å². The Balaban J connectivity index is 2.31. The van der Waals surface area contributed by atoms with E-state index in [1.807, 2.05) is 0 Å². The average molecular weight is 271 g/mol. The fraction of sp³-hybridized carbons (Fsp3) is 0. The maximum Gasteiger partial charge on any atom is 0.249 e. The van der Waals surface area contributed by atoms with Crippen LogP contribution in [0.3, 0.4) is 0 Å². The van der Waals surface area contributed by atoms with E-state index in [0.29, 0.717) is 15.7 Å². The van der Waals surface area contributed by atoms with Crippen LogP contribution in [0.4, 0.5) is 23.3 Å². The molecule has 5 N–H and O–H groups in total. The standard InChI is InChI=1S/C9H8Cl2N6/c10-4-2-1-3-5(6(4)11)14-9-15-7(12)8(13)16-17-9/h1-3H,(H2,13,16)(H3,12,14,15,17). The van der Waals surface area contributed by atoms with Gasteiger partial charge in [0, 0.05) is 0 Å². The number of hydrogen-bond donors (Lipinski definition) is 3. The Kier molecular flexibility index (Phi) is 3.16. The SMILES string of the molecule is Nc1nnc(Nc2cccc(Cl)c2Cl)nc1N. The highest BCUT2D eigenvalue weighted by Crippen LogP contribution is 2.30. The van der Waals surface area contributed by atoms with Gasteiger partial charge in [0.05, 0.1) is 15.7 Å². The van der Waals surface area contributed by atoms with E-state index in [2.05, 4.69) is 20.5 Å². The fourth-order valence-electron chi connectivity index (χ4n) is 1.12. The summed E-state index contributed by atoms with van der Waals surface area (Å²) in [7, 11) is 0. The lowest BCUT2D eigenvalue weighted by atomic mass is 10.3. The topological polar surface area (TPSA) is 103 Å². The van der Waals surface area contributed by atoms with Gasteiger partial charge in [-0.25, -0.2) is 0 Å². The maximum absolute atomic E-state index is 5.99. The molecule has 6 nitrogen and oxygen atoms in total. The molecule has 2 rings (SSSR count). The zero-order valence-electron chi connectivity index (χ0n) is 8.48. The van der Waals surface area contributed by atoms with Crippen molar-refractivity contribution in [2.24, 2.45) is 0 Å². The molecule has 0 aliphatic carbocycles. The Morgan fingerprint density at radius 2 is 1.82 bits per heavy atom. The van der Waals surface area contributed by atoms with Gasteiger partial charge in [0.25, 0.3) is 0 Å². The number of benzene rings is 1. The van der Waals surface area contributed by atoms with Crippen LogP contribution in [0.5, 0.6) is 0 Å². The number of nitrogens with zero attached hydrogens (tertiary/aromatic N) is 3. The molecule has 0 saturated carbocycles. The smallest absolute Gasteiger partial charge is 0.249 e. The lowest BCUT2D eigenvalue weighted by Gasteiger charge is -2.07. The summed E-state index contributed by atoms with van der Waals surface area (Å²) >= 11 is 11.9. The second-order valence-electron chi connectivity index (χ2n) is 3.13. The van der Waals surface area contributed by atoms with Crippen molar-refractivity contribution >= 4 is 46.5 Å². The van der Waals surface area contributed by atoms with E-state index in [1.54, 1.807) is 18.2 Å². The Labute approximate surface area is 107 Å². The second kappa shape index (κ2) is 4.60. The molecule has 17 heavy (non-hydrogen) atoms. The van der Waals surface area contributed by atoms with Gasteiger partial charge in [-0.05, 0) is 12.1 Å². The minimum absolute atomic E-state index is 0.0766. The van der Waals surface area contributed by atoms with E-state index in [0.717, 1.165) is 0 Å². The van der Waals surface area contributed by atoms with Crippen LogP contribution in [0.2, 0.25) is 10.0 Å². The summed E-state index contributed by atoms with van der Waals surface area (Å²) in [5, 5.41) is 11.0. The number of nitrogens with two attached hydrogens (primary N) is 2. The average Bonchev–Trinajstić information content (AvgIpc) is 2.30. The highest BCUT2D eigenvalue weighted by Gasteiger charge is 2.07. The van der Waals surface area contributed by atoms with E-state index < -0.39 is 0 Å². The van der Waals surface area contributed by atoms with Crippen LogP contribution in [0, 0.1) is 0 Å². The Hall–Kier alpha value is -1.79. The molecule has 0 amide bonds. The molecule has 0 aliphatic heterocycles. The monoisotopic (exact) mass is 270 g/mol. The third-order valence-electron chi connectivity index (χ3n) is 1.94. The van der Waals surface area contributed by atoms with Crippen LogP contribution < -0.4 is 16.8 Å². The molecule has 0 spiro atoms. The van der Waals surface area contributed by atoms with Crippen LogP contribution in [-0.4, -0.2) is 15.2 Å². The number of aromatic nitrogens is 3. The highest BCUT2D eigenvalue weighted by molar-refractivity contribution is 6.43. The van der Waals surface area contributed by atoms with Gasteiger partial charge in [-0.15, -0.1) is 10.2 Å². The predicted molar refractivity (Wildman–Crippen MR) is 68.4 cm³/mol. The first kappa shape index (κ1) is 11.7. The summed E-state index contributed by atoms with van der Waals surface area (Å²) in [6.45, 7) is 0. The zero-order chi connectivity index (χ0) is 12.4. The minimum atomic E-state index is 0.0766. The van der Waals surface area contributed by atoms with Gasteiger partial charge in [-0.3, -0.25) is 0 Å². The molecule has 0 bridgehead atoms.